The molecule has 5 nitrogen and oxygen atoms in total. The van der Waals surface area contributed by atoms with Crippen molar-refractivity contribution in [2.45, 2.75) is 52.4 Å². The number of rotatable bonds is 6. The van der Waals surface area contributed by atoms with Crippen LogP contribution in [0.3, 0.4) is 0 Å². The minimum atomic E-state index is -0.113. The number of aliphatic hydroxyl groups is 1. The molecule has 0 spiro atoms. The standard InChI is InChI=1S/C24H34N4O.HI/c1-18-4-9-22(19(2)14-18)16-27-24(25-3)26-15-20-5-7-21(8-6-20)17-28-12-10-23(29)11-13-28;/h4-9,14,23,29H,10-13,15-17H2,1-3H3,(H2,25,26,27);1H. The van der Waals surface area contributed by atoms with Gasteiger partial charge in [0.2, 0.25) is 0 Å². The van der Waals surface area contributed by atoms with E-state index in [-0.39, 0.29) is 30.1 Å². The van der Waals surface area contributed by atoms with Crippen LogP contribution in [-0.4, -0.2) is 42.2 Å². The molecule has 0 aromatic heterocycles. The molecule has 3 N–H and O–H groups in total. The molecule has 0 unspecified atom stereocenters. The molecule has 1 aliphatic rings. The molecule has 6 heteroatoms. The summed E-state index contributed by atoms with van der Waals surface area (Å²) in [6.45, 7) is 8.68. The topological polar surface area (TPSA) is 59.9 Å². The highest BCUT2D eigenvalue weighted by atomic mass is 127. The van der Waals surface area contributed by atoms with Gasteiger partial charge >= 0.3 is 0 Å². The Morgan fingerprint density at radius 3 is 2.27 bits per heavy atom. The van der Waals surface area contributed by atoms with Gasteiger partial charge in [-0.15, -0.1) is 24.0 Å². The first kappa shape index (κ1) is 24.6. The summed E-state index contributed by atoms with van der Waals surface area (Å²) in [7, 11) is 1.80. The maximum atomic E-state index is 9.63. The van der Waals surface area contributed by atoms with Crippen molar-refractivity contribution in [1.82, 2.24) is 15.5 Å². The number of aliphatic hydroxyl groups excluding tert-OH is 1. The number of aliphatic imine (C=N–C) groups is 1. The monoisotopic (exact) mass is 522 g/mol. The van der Waals surface area contributed by atoms with Gasteiger partial charge in [-0.1, -0.05) is 48.0 Å². The SMILES string of the molecule is CN=C(NCc1ccc(CN2CCC(O)CC2)cc1)NCc1ccc(C)cc1C.I. The molecule has 30 heavy (non-hydrogen) atoms. The first-order chi connectivity index (χ1) is 14.0. The van der Waals surface area contributed by atoms with Crippen LogP contribution in [0.1, 0.15) is 40.7 Å². The van der Waals surface area contributed by atoms with Crippen molar-refractivity contribution in [3.8, 4) is 0 Å². The summed E-state index contributed by atoms with van der Waals surface area (Å²) < 4.78 is 0. The lowest BCUT2D eigenvalue weighted by Gasteiger charge is -2.29. The normalized spacial score (nSPS) is 15.5. The molecule has 0 atom stereocenters. The Kier molecular flexibility index (Phi) is 10.1. The Bertz CT molecular complexity index is 814. The molecule has 2 aromatic carbocycles. The molecular weight excluding hydrogens is 487 g/mol. The third-order valence-electron chi connectivity index (χ3n) is 5.61. The number of likely N-dealkylation sites (tertiary alicyclic amines) is 1. The highest BCUT2D eigenvalue weighted by Gasteiger charge is 2.16. The number of hydrogen-bond donors (Lipinski definition) is 3. The number of nitrogens with one attached hydrogen (secondary N) is 2. The third kappa shape index (κ3) is 7.56. The van der Waals surface area contributed by atoms with Gasteiger partial charge < -0.3 is 15.7 Å². The van der Waals surface area contributed by atoms with E-state index in [0.717, 1.165) is 51.5 Å². The second-order valence-corrected chi connectivity index (χ2v) is 8.03. The van der Waals surface area contributed by atoms with E-state index >= 15 is 0 Å². The molecule has 2 aromatic rings. The van der Waals surface area contributed by atoms with Crippen molar-refractivity contribution in [2.24, 2.45) is 4.99 Å². The zero-order chi connectivity index (χ0) is 20.6. The van der Waals surface area contributed by atoms with Gasteiger partial charge in [-0.3, -0.25) is 9.89 Å². The number of benzene rings is 2. The van der Waals surface area contributed by atoms with Crippen LogP contribution in [0.25, 0.3) is 0 Å². The van der Waals surface area contributed by atoms with Gasteiger partial charge in [0.25, 0.3) is 0 Å². The Morgan fingerprint density at radius 1 is 1.00 bits per heavy atom. The summed E-state index contributed by atoms with van der Waals surface area (Å²) in [4.78, 5) is 6.75. The maximum Gasteiger partial charge on any atom is 0.191 e. The number of guanidine groups is 1. The van der Waals surface area contributed by atoms with E-state index in [4.69, 9.17) is 0 Å². The quantitative estimate of drug-likeness (QED) is 0.308. The van der Waals surface area contributed by atoms with Gasteiger partial charge in [-0.25, -0.2) is 0 Å². The molecule has 1 heterocycles. The maximum absolute atomic E-state index is 9.63. The summed E-state index contributed by atoms with van der Waals surface area (Å²) in [5.41, 5.74) is 6.43. The van der Waals surface area contributed by atoms with Crippen molar-refractivity contribution >= 4 is 29.9 Å². The van der Waals surface area contributed by atoms with Crippen molar-refractivity contribution in [2.75, 3.05) is 20.1 Å². The fourth-order valence-corrected chi connectivity index (χ4v) is 3.73. The second-order valence-electron chi connectivity index (χ2n) is 8.03. The van der Waals surface area contributed by atoms with Crippen LogP contribution >= 0.6 is 24.0 Å². The number of halogens is 1. The average Bonchev–Trinajstić information content (AvgIpc) is 2.72. The van der Waals surface area contributed by atoms with Crippen molar-refractivity contribution in [1.29, 1.82) is 0 Å². The summed E-state index contributed by atoms with van der Waals surface area (Å²) in [6, 6.07) is 15.3. The summed E-state index contributed by atoms with van der Waals surface area (Å²) in [5.74, 6) is 0.806. The first-order valence-corrected chi connectivity index (χ1v) is 10.5. The number of hydrogen-bond acceptors (Lipinski definition) is 3. The third-order valence-corrected chi connectivity index (χ3v) is 5.61. The molecule has 164 valence electrons. The highest BCUT2D eigenvalue weighted by molar-refractivity contribution is 14.0. The van der Waals surface area contributed by atoms with Gasteiger partial charge in [0.15, 0.2) is 5.96 Å². The van der Waals surface area contributed by atoms with Crippen LogP contribution in [0.2, 0.25) is 0 Å². The van der Waals surface area contributed by atoms with Gasteiger partial charge in [-0.2, -0.15) is 0 Å². The van der Waals surface area contributed by atoms with Crippen LogP contribution in [0.5, 0.6) is 0 Å². The van der Waals surface area contributed by atoms with E-state index in [1.165, 1.54) is 27.8 Å². The molecule has 0 saturated carbocycles. The van der Waals surface area contributed by atoms with Crippen LogP contribution in [0.15, 0.2) is 47.5 Å². The molecular formula is C24H35IN4O. The van der Waals surface area contributed by atoms with E-state index in [1.807, 2.05) is 0 Å². The molecule has 3 rings (SSSR count). The zero-order valence-electron chi connectivity index (χ0n) is 18.3. The minimum Gasteiger partial charge on any atom is -0.393 e. The molecule has 1 saturated heterocycles. The predicted octanol–water partition coefficient (Wildman–Crippen LogP) is 3.74. The van der Waals surface area contributed by atoms with Crippen LogP contribution in [0, 0.1) is 13.8 Å². The molecule has 0 amide bonds. The lowest BCUT2D eigenvalue weighted by atomic mass is 10.1. The second kappa shape index (κ2) is 12.3. The zero-order valence-corrected chi connectivity index (χ0v) is 20.6. The van der Waals surface area contributed by atoms with E-state index in [1.54, 1.807) is 7.05 Å². The Morgan fingerprint density at radius 2 is 1.63 bits per heavy atom. The number of aryl methyl sites for hydroxylation is 2. The molecule has 0 aliphatic carbocycles. The fraction of sp³-hybridized carbons (Fsp3) is 0.458. The van der Waals surface area contributed by atoms with Crippen molar-refractivity contribution in [3.05, 3.63) is 70.3 Å². The Labute approximate surface area is 198 Å². The van der Waals surface area contributed by atoms with Crippen molar-refractivity contribution in [3.63, 3.8) is 0 Å². The summed E-state index contributed by atoms with van der Waals surface area (Å²) >= 11 is 0. The van der Waals surface area contributed by atoms with Gasteiger partial charge in [0, 0.05) is 39.8 Å². The Balaban J connectivity index is 0.00000320. The summed E-state index contributed by atoms with van der Waals surface area (Å²) in [5, 5.41) is 16.4. The van der Waals surface area contributed by atoms with Crippen LogP contribution in [-0.2, 0) is 19.6 Å². The first-order valence-electron chi connectivity index (χ1n) is 10.5. The fourth-order valence-electron chi connectivity index (χ4n) is 3.73. The molecule has 1 aliphatic heterocycles. The van der Waals surface area contributed by atoms with Crippen LogP contribution in [0.4, 0.5) is 0 Å². The molecule has 0 bridgehead atoms. The lowest BCUT2D eigenvalue weighted by molar-refractivity contribution is 0.0792. The molecule has 0 radical (unpaired) electrons. The highest BCUT2D eigenvalue weighted by Crippen LogP contribution is 2.14. The van der Waals surface area contributed by atoms with E-state index in [2.05, 4.69) is 76.8 Å². The average molecular weight is 522 g/mol. The smallest absolute Gasteiger partial charge is 0.191 e. The van der Waals surface area contributed by atoms with E-state index in [0.29, 0.717) is 0 Å². The van der Waals surface area contributed by atoms with E-state index < -0.39 is 0 Å². The van der Waals surface area contributed by atoms with Gasteiger partial charge in [0.1, 0.15) is 0 Å². The molecule has 1 fully saturated rings. The van der Waals surface area contributed by atoms with Crippen molar-refractivity contribution < 1.29 is 5.11 Å². The van der Waals surface area contributed by atoms with Gasteiger partial charge in [0.05, 0.1) is 6.10 Å². The Hall–Kier alpha value is -1.64. The number of piperidine rings is 1. The summed E-state index contributed by atoms with van der Waals surface area (Å²) in [6.07, 6.45) is 1.66. The lowest BCUT2D eigenvalue weighted by Crippen LogP contribution is -2.36. The van der Waals surface area contributed by atoms with E-state index in [9.17, 15) is 5.11 Å². The minimum absolute atomic E-state index is 0. The van der Waals surface area contributed by atoms with Gasteiger partial charge in [-0.05, 0) is 48.9 Å². The number of nitrogens with zero attached hydrogens (tertiary/aromatic N) is 2. The van der Waals surface area contributed by atoms with Crippen LogP contribution < -0.4 is 10.6 Å². The predicted molar refractivity (Wildman–Crippen MR) is 135 cm³/mol. The largest absolute Gasteiger partial charge is 0.393 e.